The Labute approximate surface area is 274 Å². The van der Waals surface area contributed by atoms with Crippen molar-refractivity contribution < 1.29 is 52.3 Å². The number of carbonyl (C=O) groups is 3. The summed E-state index contributed by atoms with van der Waals surface area (Å²) in [6.45, 7) is 10.4. The quantitative estimate of drug-likeness (QED) is 0.0514. The molecular weight excluding hydrogens is 608 g/mol. The summed E-state index contributed by atoms with van der Waals surface area (Å²) >= 11 is 0. The van der Waals surface area contributed by atoms with Gasteiger partial charge in [-0.3, -0.25) is 0 Å². The third-order valence-corrected chi connectivity index (χ3v) is 6.87. The maximum absolute atomic E-state index is 12.7. The van der Waals surface area contributed by atoms with Gasteiger partial charge in [-0.2, -0.15) is 0 Å². The fraction of sp³-hybridized carbons (Fsp3) is 0.361. The van der Waals surface area contributed by atoms with E-state index in [2.05, 4.69) is 20.4 Å². The summed E-state index contributed by atoms with van der Waals surface area (Å²) in [5.41, 5.74) is 0.707. The van der Waals surface area contributed by atoms with Crippen LogP contribution in [0, 0.1) is 5.41 Å². The van der Waals surface area contributed by atoms with Gasteiger partial charge in [0.05, 0.1) is 44.2 Å². The molecule has 0 N–H and O–H groups in total. The van der Waals surface area contributed by atoms with Crippen LogP contribution in [0.15, 0.2) is 85.5 Å². The van der Waals surface area contributed by atoms with E-state index in [1.807, 2.05) is 0 Å². The molecule has 0 aliphatic carbocycles. The van der Waals surface area contributed by atoms with Gasteiger partial charge in [0.2, 0.25) is 0 Å². The summed E-state index contributed by atoms with van der Waals surface area (Å²) < 4.78 is 43.9. The van der Waals surface area contributed by atoms with Crippen LogP contribution < -0.4 is 18.9 Å². The van der Waals surface area contributed by atoms with Gasteiger partial charge in [0, 0.05) is 17.9 Å². The molecule has 0 radical (unpaired) electrons. The van der Waals surface area contributed by atoms with Crippen LogP contribution in [0.3, 0.4) is 0 Å². The van der Waals surface area contributed by atoms with E-state index in [-0.39, 0.29) is 37.3 Å². The van der Waals surface area contributed by atoms with E-state index >= 15 is 0 Å². The maximum atomic E-state index is 12.7. The standard InChI is InChI=1S/C36H40O11/c1-4-6-33(44-25-36(3)23-41-24-36)45-29-13-9-27(10-14-29)35(39)47-31-17-15-30(16-18-31)46-34(38)26-7-11-28(12-8-26)42-21-19-40-20-22-43-32(37)5-2/h5,7-18,33H,2,4,6,19-25H2,1,3H3. The topological polar surface area (TPSA) is 125 Å². The minimum atomic E-state index is -0.557. The molecule has 11 nitrogen and oxygen atoms in total. The predicted octanol–water partition coefficient (Wildman–Crippen LogP) is 5.81. The lowest BCUT2D eigenvalue weighted by Crippen LogP contribution is -2.44. The first-order chi connectivity index (χ1) is 22.8. The summed E-state index contributed by atoms with van der Waals surface area (Å²) in [4.78, 5) is 36.3. The Balaban J connectivity index is 1.18. The zero-order valence-corrected chi connectivity index (χ0v) is 26.6. The van der Waals surface area contributed by atoms with Gasteiger partial charge >= 0.3 is 17.9 Å². The van der Waals surface area contributed by atoms with Gasteiger partial charge < -0.3 is 37.9 Å². The Morgan fingerprint density at radius 1 is 0.787 bits per heavy atom. The molecular formula is C36H40O11. The van der Waals surface area contributed by atoms with Crippen LogP contribution in [0.5, 0.6) is 23.0 Å². The Morgan fingerprint density at radius 2 is 1.32 bits per heavy atom. The highest BCUT2D eigenvalue weighted by Gasteiger charge is 2.34. The molecule has 1 unspecified atom stereocenters. The summed E-state index contributed by atoms with van der Waals surface area (Å²) in [6.07, 6.45) is 2.35. The van der Waals surface area contributed by atoms with Crippen molar-refractivity contribution in [3.63, 3.8) is 0 Å². The Bertz CT molecular complexity index is 1450. The summed E-state index contributed by atoms with van der Waals surface area (Å²) in [6, 6.07) is 19.3. The lowest BCUT2D eigenvalue weighted by Gasteiger charge is -2.38. The van der Waals surface area contributed by atoms with Crippen LogP contribution in [-0.2, 0) is 23.7 Å². The Kier molecular flexibility index (Phi) is 13.3. The molecule has 0 saturated carbocycles. The number of esters is 3. The van der Waals surface area contributed by atoms with Crippen molar-refractivity contribution in [3.05, 3.63) is 96.6 Å². The molecule has 0 amide bonds. The van der Waals surface area contributed by atoms with Crippen LogP contribution in [0.25, 0.3) is 0 Å². The number of ether oxygens (including phenoxy) is 8. The molecule has 1 aliphatic rings. The van der Waals surface area contributed by atoms with E-state index in [4.69, 9.17) is 37.9 Å². The van der Waals surface area contributed by atoms with Gasteiger partial charge in [-0.15, -0.1) is 0 Å². The average Bonchev–Trinajstić information content (AvgIpc) is 3.07. The van der Waals surface area contributed by atoms with Crippen LogP contribution in [0.4, 0.5) is 0 Å². The number of hydrogen-bond donors (Lipinski definition) is 0. The van der Waals surface area contributed by atoms with E-state index in [1.165, 1.54) is 12.1 Å². The van der Waals surface area contributed by atoms with Gasteiger partial charge in [-0.05, 0) is 72.8 Å². The van der Waals surface area contributed by atoms with Crippen molar-refractivity contribution >= 4 is 17.9 Å². The molecule has 250 valence electrons. The highest BCUT2D eigenvalue weighted by molar-refractivity contribution is 5.92. The largest absolute Gasteiger partial charge is 0.491 e. The third-order valence-electron chi connectivity index (χ3n) is 6.87. The first-order valence-corrected chi connectivity index (χ1v) is 15.4. The van der Waals surface area contributed by atoms with E-state index < -0.39 is 17.9 Å². The zero-order chi connectivity index (χ0) is 33.5. The number of rotatable bonds is 19. The number of benzene rings is 3. The molecule has 3 aromatic rings. The maximum Gasteiger partial charge on any atom is 0.343 e. The second-order valence-corrected chi connectivity index (χ2v) is 11.1. The first-order valence-electron chi connectivity index (χ1n) is 15.4. The van der Waals surface area contributed by atoms with Crippen molar-refractivity contribution in [1.29, 1.82) is 0 Å². The molecule has 11 heteroatoms. The Hall–Kier alpha value is -4.71. The lowest BCUT2D eigenvalue weighted by molar-refractivity contribution is -0.179. The van der Waals surface area contributed by atoms with Crippen LogP contribution >= 0.6 is 0 Å². The molecule has 1 fully saturated rings. The van der Waals surface area contributed by atoms with Gasteiger partial charge in [0.15, 0.2) is 6.29 Å². The third kappa shape index (κ3) is 11.5. The summed E-state index contributed by atoms with van der Waals surface area (Å²) in [7, 11) is 0. The SMILES string of the molecule is C=CC(=O)OCCOCCOc1ccc(C(=O)Oc2ccc(OC(=O)c3ccc(OC(CCC)OCC4(C)COC4)cc3)cc2)cc1. The Morgan fingerprint density at radius 3 is 1.83 bits per heavy atom. The van der Waals surface area contributed by atoms with Crippen LogP contribution in [-0.4, -0.2) is 70.4 Å². The van der Waals surface area contributed by atoms with E-state index in [9.17, 15) is 14.4 Å². The van der Waals surface area contributed by atoms with Crippen molar-refractivity contribution in [2.24, 2.45) is 5.41 Å². The molecule has 0 aromatic heterocycles. The fourth-order valence-electron chi connectivity index (χ4n) is 4.24. The fourth-order valence-corrected chi connectivity index (χ4v) is 4.24. The molecule has 47 heavy (non-hydrogen) atoms. The second kappa shape index (κ2) is 17.8. The summed E-state index contributed by atoms with van der Waals surface area (Å²) in [5.74, 6) is 0.130. The molecule has 3 aromatic carbocycles. The number of hydrogen-bond acceptors (Lipinski definition) is 11. The van der Waals surface area contributed by atoms with Crippen LogP contribution in [0.2, 0.25) is 0 Å². The van der Waals surface area contributed by atoms with Gasteiger partial charge in [-0.25, -0.2) is 14.4 Å². The molecule has 1 saturated heterocycles. The first kappa shape index (κ1) is 35.1. The molecule has 0 spiro atoms. The average molecular weight is 649 g/mol. The van der Waals surface area contributed by atoms with Crippen molar-refractivity contribution in [3.8, 4) is 23.0 Å². The second-order valence-electron chi connectivity index (χ2n) is 11.1. The molecule has 1 aliphatic heterocycles. The molecule has 4 rings (SSSR count). The highest BCUT2D eigenvalue weighted by Crippen LogP contribution is 2.28. The normalized spacial score (nSPS) is 13.8. The predicted molar refractivity (Wildman–Crippen MR) is 171 cm³/mol. The van der Waals surface area contributed by atoms with Crippen molar-refractivity contribution in [2.75, 3.05) is 46.2 Å². The van der Waals surface area contributed by atoms with E-state index in [1.54, 1.807) is 60.7 Å². The minimum Gasteiger partial charge on any atom is -0.491 e. The summed E-state index contributed by atoms with van der Waals surface area (Å²) in [5, 5.41) is 0. The van der Waals surface area contributed by atoms with Crippen LogP contribution in [0.1, 0.15) is 47.4 Å². The van der Waals surface area contributed by atoms with Crippen molar-refractivity contribution in [2.45, 2.75) is 33.0 Å². The van der Waals surface area contributed by atoms with Gasteiger partial charge in [0.1, 0.15) is 36.2 Å². The lowest BCUT2D eigenvalue weighted by atomic mass is 9.90. The van der Waals surface area contributed by atoms with Crippen molar-refractivity contribution in [1.82, 2.24) is 0 Å². The zero-order valence-electron chi connectivity index (χ0n) is 26.6. The van der Waals surface area contributed by atoms with E-state index in [0.717, 1.165) is 18.9 Å². The highest BCUT2D eigenvalue weighted by atomic mass is 16.7. The molecule has 1 atom stereocenters. The smallest absolute Gasteiger partial charge is 0.343 e. The van der Waals surface area contributed by atoms with E-state index in [0.29, 0.717) is 54.8 Å². The van der Waals surface area contributed by atoms with Gasteiger partial charge in [0.25, 0.3) is 0 Å². The van der Waals surface area contributed by atoms with Gasteiger partial charge in [-0.1, -0.05) is 26.8 Å². The molecule has 0 bridgehead atoms. The molecule has 1 heterocycles. The minimum absolute atomic E-state index is 0.0248. The monoisotopic (exact) mass is 648 g/mol. The number of carbonyl (C=O) groups excluding carboxylic acids is 3.